The average molecular weight is 282 g/mol. The van der Waals surface area contributed by atoms with Gasteiger partial charge in [0.05, 0.1) is 0 Å². The largest absolute Gasteiger partial charge is 0.339 e. The van der Waals surface area contributed by atoms with Gasteiger partial charge >= 0.3 is 0 Å². The van der Waals surface area contributed by atoms with Gasteiger partial charge in [-0.2, -0.15) is 0 Å². The maximum absolute atomic E-state index is 12.4. The van der Waals surface area contributed by atoms with E-state index in [4.69, 9.17) is 0 Å². The van der Waals surface area contributed by atoms with Gasteiger partial charge < -0.3 is 9.88 Å². The number of nitrogens with one attached hydrogen (secondary N) is 1. The van der Waals surface area contributed by atoms with Crippen LogP contribution in [0.2, 0.25) is 0 Å². The summed E-state index contributed by atoms with van der Waals surface area (Å²) in [6.45, 7) is 1.71. The Kier molecular flexibility index (Phi) is 3.86. The van der Waals surface area contributed by atoms with E-state index in [9.17, 15) is 9.59 Å². The lowest BCUT2D eigenvalue weighted by Crippen LogP contribution is -2.35. The summed E-state index contributed by atoms with van der Waals surface area (Å²) in [4.78, 5) is 28.2. The van der Waals surface area contributed by atoms with E-state index in [1.54, 1.807) is 12.3 Å². The van der Waals surface area contributed by atoms with E-state index in [0.29, 0.717) is 5.56 Å². The third-order valence-electron chi connectivity index (χ3n) is 3.88. The second kappa shape index (κ2) is 5.95. The summed E-state index contributed by atoms with van der Waals surface area (Å²) in [6, 6.07) is 10.9. The van der Waals surface area contributed by atoms with Crippen molar-refractivity contribution in [2.45, 2.75) is 19.3 Å². The second-order valence-corrected chi connectivity index (χ2v) is 5.37. The molecule has 1 aromatic heterocycles. The van der Waals surface area contributed by atoms with Crippen LogP contribution in [0.25, 0.3) is 11.1 Å². The Balaban J connectivity index is 1.80. The number of rotatable bonds is 2. The minimum absolute atomic E-state index is 0.104. The third kappa shape index (κ3) is 3.05. The highest BCUT2D eigenvalue weighted by Gasteiger charge is 2.17. The molecule has 1 fully saturated rings. The lowest BCUT2D eigenvalue weighted by molar-refractivity contribution is 0.0724. The molecule has 0 radical (unpaired) electrons. The Bertz CT molecular complexity index is 682. The molecule has 2 heterocycles. The number of nitrogens with zero attached hydrogens (tertiary/aromatic N) is 1. The number of hydrogen-bond acceptors (Lipinski definition) is 2. The lowest BCUT2D eigenvalue weighted by Gasteiger charge is -2.26. The van der Waals surface area contributed by atoms with Crippen molar-refractivity contribution in [3.8, 4) is 11.1 Å². The van der Waals surface area contributed by atoms with Gasteiger partial charge in [0.25, 0.3) is 5.91 Å². The first kappa shape index (κ1) is 13.6. The monoisotopic (exact) mass is 282 g/mol. The Hall–Kier alpha value is -2.36. The Labute approximate surface area is 123 Å². The van der Waals surface area contributed by atoms with Crippen molar-refractivity contribution in [1.29, 1.82) is 0 Å². The van der Waals surface area contributed by atoms with Crippen LogP contribution in [0.15, 0.2) is 47.4 Å². The molecular weight excluding hydrogens is 264 g/mol. The first-order valence-corrected chi connectivity index (χ1v) is 7.32. The van der Waals surface area contributed by atoms with Gasteiger partial charge in [-0.25, -0.2) is 0 Å². The Morgan fingerprint density at radius 2 is 1.67 bits per heavy atom. The van der Waals surface area contributed by atoms with Gasteiger partial charge in [-0.3, -0.25) is 9.59 Å². The van der Waals surface area contributed by atoms with E-state index < -0.39 is 0 Å². The average Bonchev–Trinajstić information content (AvgIpc) is 2.55. The van der Waals surface area contributed by atoms with Crippen molar-refractivity contribution in [3.05, 3.63) is 58.5 Å². The minimum Gasteiger partial charge on any atom is -0.339 e. The molecule has 21 heavy (non-hydrogen) atoms. The molecule has 4 heteroatoms. The number of likely N-dealkylation sites (tertiary alicyclic amines) is 1. The molecule has 0 saturated carbocycles. The second-order valence-electron chi connectivity index (χ2n) is 5.37. The van der Waals surface area contributed by atoms with Crippen LogP contribution in [0.5, 0.6) is 0 Å². The fourth-order valence-electron chi connectivity index (χ4n) is 2.71. The zero-order chi connectivity index (χ0) is 14.7. The molecule has 0 atom stereocenters. The SMILES string of the molecule is O=C(c1ccc(-c2cc[nH]c(=O)c2)cc1)N1CCCCC1. The lowest BCUT2D eigenvalue weighted by atomic mass is 10.0. The molecule has 3 rings (SSSR count). The van der Waals surface area contributed by atoms with Gasteiger partial charge in [-0.15, -0.1) is 0 Å². The summed E-state index contributed by atoms with van der Waals surface area (Å²) in [5.74, 6) is 0.104. The van der Waals surface area contributed by atoms with E-state index >= 15 is 0 Å². The molecular formula is C17H18N2O2. The minimum atomic E-state index is -0.124. The number of carbonyl (C=O) groups is 1. The van der Waals surface area contributed by atoms with Crippen molar-refractivity contribution in [2.24, 2.45) is 0 Å². The van der Waals surface area contributed by atoms with Crippen LogP contribution in [0.3, 0.4) is 0 Å². The number of piperidine rings is 1. The van der Waals surface area contributed by atoms with Crippen molar-refractivity contribution in [2.75, 3.05) is 13.1 Å². The molecule has 2 aromatic rings. The topological polar surface area (TPSA) is 53.2 Å². The molecule has 1 aliphatic rings. The number of carbonyl (C=O) groups excluding carboxylic acids is 1. The predicted molar refractivity (Wildman–Crippen MR) is 82.3 cm³/mol. The first-order chi connectivity index (χ1) is 10.2. The van der Waals surface area contributed by atoms with Crippen molar-refractivity contribution >= 4 is 5.91 Å². The van der Waals surface area contributed by atoms with Crippen molar-refractivity contribution in [1.82, 2.24) is 9.88 Å². The van der Waals surface area contributed by atoms with E-state index in [1.807, 2.05) is 35.2 Å². The molecule has 1 N–H and O–H groups in total. The quantitative estimate of drug-likeness (QED) is 0.920. The van der Waals surface area contributed by atoms with Crippen LogP contribution in [0.1, 0.15) is 29.6 Å². The van der Waals surface area contributed by atoms with E-state index in [0.717, 1.165) is 37.1 Å². The predicted octanol–water partition coefficient (Wildman–Crippen LogP) is 2.67. The molecule has 0 bridgehead atoms. The van der Waals surface area contributed by atoms with E-state index in [1.165, 1.54) is 6.42 Å². The molecule has 108 valence electrons. The van der Waals surface area contributed by atoms with Crippen LogP contribution in [-0.4, -0.2) is 28.9 Å². The maximum atomic E-state index is 12.4. The normalized spacial score (nSPS) is 15.0. The fraction of sp³-hybridized carbons (Fsp3) is 0.294. The van der Waals surface area contributed by atoms with Gasteiger partial charge in [0.2, 0.25) is 5.56 Å². The number of aromatic amines is 1. The van der Waals surface area contributed by atoms with Crippen LogP contribution in [-0.2, 0) is 0 Å². The smallest absolute Gasteiger partial charge is 0.253 e. The Morgan fingerprint density at radius 3 is 2.33 bits per heavy atom. The summed E-state index contributed by atoms with van der Waals surface area (Å²) in [6.07, 6.45) is 5.03. The highest BCUT2D eigenvalue weighted by molar-refractivity contribution is 5.94. The summed E-state index contributed by atoms with van der Waals surface area (Å²) in [5.41, 5.74) is 2.39. The highest BCUT2D eigenvalue weighted by Crippen LogP contribution is 2.19. The van der Waals surface area contributed by atoms with Crippen molar-refractivity contribution in [3.63, 3.8) is 0 Å². The molecule has 0 spiro atoms. The fourth-order valence-corrected chi connectivity index (χ4v) is 2.71. The van der Waals surface area contributed by atoms with Gasteiger partial charge in [0.15, 0.2) is 0 Å². The number of hydrogen-bond donors (Lipinski definition) is 1. The number of H-pyrrole nitrogens is 1. The third-order valence-corrected chi connectivity index (χ3v) is 3.88. The molecule has 0 aliphatic carbocycles. The summed E-state index contributed by atoms with van der Waals surface area (Å²) in [7, 11) is 0. The number of amides is 1. The van der Waals surface area contributed by atoms with Crippen LogP contribution < -0.4 is 5.56 Å². The Morgan fingerprint density at radius 1 is 0.952 bits per heavy atom. The number of pyridine rings is 1. The van der Waals surface area contributed by atoms with E-state index in [-0.39, 0.29) is 11.5 Å². The molecule has 1 aliphatic heterocycles. The molecule has 1 amide bonds. The van der Waals surface area contributed by atoms with Gasteiger partial charge in [0.1, 0.15) is 0 Å². The van der Waals surface area contributed by atoms with Crippen LogP contribution >= 0.6 is 0 Å². The van der Waals surface area contributed by atoms with Crippen LogP contribution in [0.4, 0.5) is 0 Å². The first-order valence-electron chi connectivity index (χ1n) is 7.32. The summed E-state index contributed by atoms with van der Waals surface area (Å²) < 4.78 is 0. The molecule has 4 nitrogen and oxygen atoms in total. The van der Waals surface area contributed by atoms with Gasteiger partial charge in [-0.1, -0.05) is 12.1 Å². The number of benzene rings is 1. The van der Waals surface area contributed by atoms with Gasteiger partial charge in [0, 0.05) is 30.9 Å². The van der Waals surface area contributed by atoms with Gasteiger partial charge in [-0.05, 0) is 48.6 Å². The number of aromatic nitrogens is 1. The maximum Gasteiger partial charge on any atom is 0.253 e. The van der Waals surface area contributed by atoms with E-state index in [2.05, 4.69) is 4.98 Å². The molecule has 1 saturated heterocycles. The van der Waals surface area contributed by atoms with Crippen molar-refractivity contribution < 1.29 is 4.79 Å². The standard InChI is InChI=1S/C17H18N2O2/c20-16-12-15(8-9-18-16)13-4-6-14(7-5-13)17(21)19-10-2-1-3-11-19/h4-9,12H,1-3,10-11H2,(H,18,20). The molecule has 0 unspecified atom stereocenters. The highest BCUT2D eigenvalue weighted by atomic mass is 16.2. The zero-order valence-electron chi connectivity index (χ0n) is 11.8. The zero-order valence-corrected chi connectivity index (χ0v) is 11.8. The van der Waals surface area contributed by atoms with Crippen LogP contribution in [0, 0.1) is 0 Å². The summed E-state index contributed by atoms with van der Waals surface area (Å²) in [5, 5.41) is 0. The summed E-state index contributed by atoms with van der Waals surface area (Å²) >= 11 is 0. The molecule has 1 aromatic carbocycles.